The van der Waals surface area contributed by atoms with E-state index < -0.39 is 35.8 Å². The summed E-state index contributed by atoms with van der Waals surface area (Å²) in [5.41, 5.74) is 1.27. The van der Waals surface area contributed by atoms with Gasteiger partial charge in [0.25, 0.3) is 0 Å². The van der Waals surface area contributed by atoms with E-state index in [-0.39, 0.29) is 36.1 Å². The molecule has 0 aliphatic carbocycles. The topological polar surface area (TPSA) is 138 Å². The third kappa shape index (κ3) is 17.6. The zero-order valence-electron chi connectivity index (χ0n) is 29.0. The lowest BCUT2D eigenvalue weighted by Gasteiger charge is -2.37. The Kier molecular flexibility index (Phi) is 17.3. The molecule has 12 heteroatoms. The molecule has 3 atom stereocenters. The van der Waals surface area contributed by atoms with Gasteiger partial charge in [0, 0.05) is 50.6 Å². The van der Waals surface area contributed by atoms with E-state index in [2.05, 4.69) is 66.0 Å². The van der Waals surface area contributed by atoms with Crippen LogP contribution in [-0.2, 0) is 30.5 Å². The highest BCUT2D eigenvalue weighted by Crippen LogP contribution is 2.19. The summed E-state index contributed by atoms with van der Waals surface area (Å²) in [5.74, 6) is -2.31. The lowest BCUT2D eigenvalue weighted by Crippen LogP contribution is -2.49. The quantitative estimate of drug-likeness (QED) is 0.0924. The predicted octanol–water partition coefficient (Wildman–Crippen LogP) is 3.77. The Bertz CT molecular complexity index is 1160. The Morgan fingerprint density at radius 3 is 2.23 bits per heavy atom. The molecule has 1 heterocycles. The van der Waals surface area contributed by atoms with Crippen molar-refractivity contribution in [2.75, 3.05) is 52.4 Å². The first-order valence-corrected chi connectivity index (χ1v) is 17.1. The van der Waals surface area contributed by atoms with Gasteiger partial charge in [-0.05, 0) is 68.7 Å². The number of rotatable bonds is 20. The maximum Gasteiger partial charge on any atom is 0.345 e. The van der Waals surface area contributed by atoms with E-state index in [0.29, 0.717) is 13.0 Å². The zero-order chi connectivity index (χ0) is 35.0. The van der Waals surface area contributed by atoms with Gasteiger partial charge in [-0.2, -0.15) is 12.6 Å². The Hall–Kier alpha value is -3.09. The van der Waals surface area contributed by atoms with Gasteiger partial charge in [-0.3, -0.25) is 24.2 Å². The van der Waals surface area contributed by atoms with Crippen LogP contribution in [0.15, 0.2) is 36.4 Å². The standard InChI is InChI=1S/C35H56N4O7S/c1-25(2)19-30(33(42)43)46-34(44)27(4)20-36-32(41)21-37-31(40)10-8-7-9-26(3)23-45-29-13-11-28(12-14-29)22-38-15-17-39(18-16-38)24-35(5,6)47/h8,10-14,25-27,30,47H,7,9,15-24H2,1-6H3,(H,36,41)(H,37,40)(H,42,43). The number of carbonyl (C=O) groups is 4. The summed E-state index contributed by atoms with van der Waals surface area (Å²) < 4.78 is 11.1. The van der Waals surface area contributed by atoms with Crippen molar-refractivity contribution in [3.05, 3.63) is 42.0 Å². The number of nitrogens with one attached hydrogen (secondary N) is 2. The Morgan fingerprint density at radius 1 is 1.00 bits per heavy atom. The zero-order valence-corrected chi connectivity index (χ0v) is 29.9. The summed E-state index contributed by atoms with van der Waals surface area (Å²) in [6, 6.07) is 8.31. The molecule has 3 unspecified atom stereocenters. The van der Waals surface area contributed by atoms with Crippen LogP contribution in [0.2, 0.25) is 0 Å². The van der Waals surface area contributed by atoms with Crippen LogP contribution in [0.25, 0.3) is 0 Å². The van der Waals surface area contributed by atoms with Crippen LogP contribution in [0.5, 0.6) is 5.75 Å². The van der Waals surface area contributed by atoms with Gasteiger partial charge in [-0.1, -0.05) is 45.9 Å². The summed E-state index contributed by atoms with van der Waals surface area (Å²) in [4.78, 5) is 52.7. The lowest BCUT2D eigenvalue weighted by molar-refractivity contribution is -0.167. The van der Waals surface area contributed by atoms with Crippen molar-refractivity contribution >= 4 is 36.4 Å². The fourth-order valence-corrected chi connectivity index (χ4v) is 5.22. The minimum atomic E-state index is -1.22. The van der Waals surface area contributed by atoms with Crippen LogP contribution in [0.4, 0.5) is 0 Å². The van der Waals surface area contributed by atoms with E-state index in [1.54, 1.807) is 6.08 Å². The molecule has 2 rings (SSSR count). The molecule has 1 aliphatic rings. The number of esters is 1. The van der Waals surface area contributed by atoms with Gasteiger partial charge in [0.1, 0.15) is 5.75 Å². The first-order valence-electron chi connectivity index (χ1n) is 16.6. The minimum Gasteiger partial charge on any atom is -0.493 e. The average Bonchev–Trinajstić information content (AvgIpc) is 3.00. The fraction of sp³-hybridized carbons (Fsp3) is 0.657. The number of ether oxygens (including phenoxy) is 2. The Labute approximate surface area is 286 Å². The largest absolute Gasteiger partial charge is 0.493 e. The molecule has 0 bridgehead atoms. The fourth-order valence-electron chi connectivity index (χ4n) is 5.02. The number of nitrogens with zero attached hydrogens (tertiary/aromatic N) is 2. The second-order valence-corrected chi connectivity index (χ2v) is 14.9. The molecule has 0 spiro atoms. The Balaban J connectivity index is 1.58. The third-order valence-corrected chi connectivity index (χ3v) is 7.83. The van der Waals surface area contributed by atoms with Crippen LogP contribution in [-0.4, -0.2) is 102 Å². The number of hydrogen-bond acceptors (Lipinski definition) is 9. The molecule has 3 N–H and O–H groups in total. The SMILES string of the molecule is CC(C)CC(OC(=O)C(C)CNC(=O)CNC(=O)C=CCCC(C)COc1ccc(CN2CCN(CC(C)(C)S)CC2)cc1)C(=O)O. The number of hydrogen-bond donors (Lipinski definition) is 4. The highest BCUT2D eigenvalue weighted by molar-refractivity contribution is 7.81. The van der Waals surface area contributed by atoms with Crippen LogP contribution in [0.1, 0.15) is 66.4 Å². The molecule has 2 amide bonds. The molecular formula is C35H56N4O7S. The number of thiol groups is 1. The average molecular weight is 677 g/mol. The van der Waals surface area contributed by atoms with Gasteiger partial charge in [-0.25, -0.2) is 4.79 Å². The van der Waals surface area contributed by atoms with Crippen molar-refractivity contribution in [3.63, 3.8) is 0 Å². The van der Waals surface area contributed by atoms with Crippen molar-refractivity contribution in [2.45, 2.75) is 78.2 Å². The summed E-state index contributed by atoms with van der Waals surface area (Å²) in [6.45, 7) is 18.1. The van der Waals surface area contributed by atoms with Crippen LogP contribution in [0.3, 0.4) is 0 Å². The van der Waals surface area contributed by atoms with E-state index in [1.165, 1.54) is 18.6 Å². The predicted molar refractivity (Wildman–Crippen MR) is 186 cm³/mol. The normalized spacial score (nSPS) is 16.4. The van der Waals surface area contributed by atoms with E-state index in [4.69, 9.17) is 9.47 Å². The third-order valence-electron chi connectivity index (χ3n) is 7.69. The summed E-state index contributed by atoms with van der Waals surface area (Å²) in [7, 11) is 0. The van der Waals surface area contributed by atoms with Crippen LogP contribution >= 0.6 is 12.6 Å². The smallest absolute Gasteiger partial charge is 0.345 e. The molecule has 0 saturated carbocycles. The van der Waals surface area contributed by atoms with Crippen molar-refractivity contribution in [1.82, 2.24) is 20.4 Å². The summed E-state index contributed by atoms with van der Waals surface area (Å²) in [6.07, 6.45) is 3.69. The van der Waals surface area contributed by atoms with Gasteiger partial charge < -0.3 is 25.2 Å². The van der Waals surface area contributed by atoms with E-state index in [1.807, 2.05) is 26.0 Å². The van der Waals surface area contributed by atoms with Crippen molar-refractivity contribution < 1.29 is 33.8 Å². The van der Waals surface area contributed by atoms with Gasteiger partial charge in [0.05, 0.1) is 19.1 Å². The molecule has 11 nitrogen and oxygen atoms in total. The number of allylic oxidation sites excluding steroid dienone is 1. The van der Waals surface area contributed by atoms with Crippen LogP contribution < -0.4 is 15.4 Å². The van der Waals surface area contributed by atoms with Gasteiger partial charge >= 0.3 is 11.9 Å². The number of piperazine rings is 1. The number of carbonyl (C=O) groups excluding carboxylic acids is 3. The van der Waals surface area contributed by atoms with Crippen molar-refractivity contribution in [2.24, 2.45) is 17.8 Å². The maximum absolute atomic E-state index is 12.2. The van der Waals surface area contributed by atoms with E-state index in [9.17, 15) is 24.3 Å². The molecule has 1 aliphatic heterocycles. The molecule has 47 heavy (non-hydrogen) atoms. The maximum atomic E-state index is 12.2. The summed E-state index contributed by atoms with van der Waals surface area (Å²) >= 11 is 4.66. The first kappa shape index (κ1) is 40.1. The highest BCUT2D eigenvalue weighted by Gasteiger charge is 2.26. The number of carboxylic acid groups (broad SMARTS) is 1. The number of benzene rings is 1. The second kappa shape index (κ2) is 20.3. The minimum absolute atomic E-state index is 0.0268. The van der Waals surface area contributed by atoms with Gasteiger partial charge in [-0.15, -0.1) is 0 Å². The van der Waals surface area contributed by atoms with Crippen molar-refractivity contribution in [3.8, 4) is 5.75 Å². The van der Waals surface area contributed by atoms with Crippen molar-refractivity contribution in [1.29, 1.82) is 0 Å². The lowest BCUT2D eigenvalue weighted by atomic mass is 10.1. The monoisotopic (exact) mass is 676 g/mol. The van der Waals surface area contributed by atoms with Gasteiger partial charge in [0.15, 0.2) is 6.10 Å². The molecular weight excluding hydrogens is 620 g/mol. The molecule has 1 saturated heterocycles. The molecule has 1 fully saturated rings. The molecule has 0 aromatic heterocycles. The Morgan fingerprint density at radius 2 is 1.64 bits per heavy atom. The second-order valence-electron chi connectivity index (χ2n) is 13.7. The molecule has 264 valence electrons. The first-order chi connectivity index (χ1) is 22.1. The number of aliphatic carboxylic acids is 1. The molecule has 0 radical (unpaired) electrons. The van der Waals surface area contributed by atoms with E-state index in [0.717, 1.165) is 51.4 Å². The highest BCUT2D eigenvalue weighted by atomic mass is 32.1. The van der Waals surface area contributed by atoms with E-state index >= 15 is 0 Å². The van der Waals surface area contributed by atoms with Crippen LogP contribution in [0, 0.1) is 17.8 Å². The van der Waals surface area contributed by atoms with Gasteiger partial charge in [0.2, 0.25) is 11.8 Å². The number of amides is 2. The molecule has 1 aromatic rings. The summed E-state index contributed by atoms with van der Waals surface area (Å²) in [5, 5.41) is 14.3. The molecule has 1 aromatic carbocycles. The number of carboxylic acids is 1.